The Balaban J connectivity index is 1.51. The first-order chi connectivity index (χ1) is 19.1. The third-order valence-corrected chi connectivity index (χ3v) is 10.6. The van der Waals surface area contributed by atoms with Gasteiger partial charge >= 0.3 is 6.18 Å². The van der Waals surface area contributed by atoms with Crippen LogP contribution < -0.4 is 9.44 Å². The number of fused-ring (bicyclic) bond motifs is 1. The molecule has 3 aromatic carbocycles. The number of halogens is 4. The number of benzene rings is 3. The average Bonchev–Trinajstić information content (AvgIpc) is 3.42. The van der Waals surface area contributed by atoms with Crippen molar-refractivity contribution in [3.8, 4) is 0 Å². The Morgan fingerprint density at radius 2 is 1.85 bits per heavy atom. The maximum Gasteiger partial charge on any atom is 0.417 e. The number of amides is 1. The zero-order valence-corrected chi connectivity index (χ0v) is 24.4. The number of H-pyrrole nitrogens is 1. The smallest absolute Gasteiger partial charge is 0.341 e. The molecule has 1 aliphatic heterocycles. The van der Waals surface area contributed by atoms with Crippen LogP contribution in [0.5, 0.6) is 0 Å². The molecule has 1 saturated heterocycles. The van der Waals surface area contributed by atoms with Crippen LogP contribution in [0.2, 0.25) is 0 Å². The molecule has 1 aromatic heterocycles. The zero-order chi connectivity index (χ0) is 29.7. The van der Waals surface area contributed by atoms with Crippen LogP contribution in [0.25, 0.3) is 11.0 Å². The minimum atomic E-state index is -4.78. The van der Waals surface area contributed by atoms with E-state index >= 15 is 0 Å². The van der Waals surface area contributed by atoms with Crippen molar-refractivity contribution >= 4 is 52.9 Å². The van der Waals surface area contributed by atoms with Crippen molar-refractivity contribution in [3.63, 3.8) is 0 Å². The van der Waals surface area contributed by atoms with Gasteiger partial charge in [0, 0.05) is 4.47 Å². The number of nitrogens with one attached hydrogen (secondary N) is 3. The molecule has 0 aliphatic carbocycles. The third kappa shape index (κ3) is 6.03. The Bertz CT molecular complexity index is 1860. The monoisotopic (exact) mass is 670 g/mol. The quantitative estimate of drug-likeness (QED) is 0.258. The van der Waals surface area contributed by atoms with Crippen molar-refractivity contribution in [2.45, 2.75) is 42.1 Å². The molecule has 0 radical (unpaired) electrons. The SMILES string of the molecule is Cc1cc(C[C@H](NS(=O)(=O)c2ccc(Br)c(C(F)(F)F)c2)c2nc3ccccc3[nH]2)ccc1C1CC(=O)NS1(=O)=O. The molecule has 3 N–H and O–H groups in total. The van der Waals surface area contributed by atoms with Crippen molar-refractivity contribution in [1.29, 1.82) is 0 Å². The van der Waals surface area contributed by atoms with Gasteiger partial charge in [-0.25, -0.2) is 26.5 Å². The van der Waals surface area contributed by atoms with Crippen LogP contribution in [0.15, 0.2) is 70.0 Å². The number of para-hydroxylation sites is 2. The summed E-state index contributed by atoms with van der Waals surface area (Å²) in [5.41, 5.74) is 1.65. The van der Waals surface area contributed by atoms with Crippen LogP contribution in [-0.4, -0.2) is 32.7 Å². The van der Waals surface area contributed by atoms with Crippen LogP contribution in [0.4, 0.5) is 13.2 Å². The van der Waals surface area contributed by atoms with E-state index in [9.17, 15) is 34.8 Å². The lowest BCUT2D eigenvalue weighted by molar-refractivity contribution is -0.138. The number of rotatable bonds is 7. The predicted octanol–water partition coefficient (Wildman–Crippen LogP) is 4.81. The van der Waals surface area contributed by atoms with Crippen molar-refractivity contribution < 1.29 is 34.8 Å². The van der Waals surface area contributed by atoms with Gasteiger partial charge in [0.1, 0.15) is 11.1 Å². The van der Waals surface area contributed by atoms with E-state index in [2.05, 4.69) is 30.6 Å². The van der Waals surface area contributed by atoms with Gasteiger partial charge in [0.15, 0.2) is 0 Å². The van der Waals surface area contributed by atoms with E-state index in [0.717, 1.165) is 12.1 Å². The number of carbonyl (C=O) groups is 1. The first kappa shape index (κ1) is 29.2. The predicted molar refractivity (Wildman–Crippen MR) is 148 cm³/mol. The molecule has 0 bridgehead atoms. The number of aryl methyl sites for hydroxylation is 1. The maximum absolute atomic E-state index is 13.5. The molecule has 1 fully saturated rings. The average molecular weight is 672 g/mol. The van der Waals surface area contributed by atoms with Crippen LogP contribution in [0.1, 0.15) is 45.8 Å². The first-order valence-corrected chi connectivity index (χ1v) is 15.9. The number of hydrogen-bond donors (Lipinski definition) is 3. The summed E-state index contributed by atoms with van der Waals surface area (Å²) in [5.74, 6) is -0.364. The lowest BCUT2D eigenvalue weighted by Gasteiger charge is -2.19. The van der Waals surface area contributed by atoms with E-state index in [1.54, 1.807) is 49.4 Å². The van der Waals surface area contributed by atoms with Gasteiger partial charge in [-0.15, -0.1) is 0 Å². The van der Waals surface area contributed by atoms with Gasteiger partial charge in [0.2, 0.25) is 26.0 Å². The Morgan fingerprint density at radius 1 is 1.12 bits per heavy atom. The van der Waals surface area contributed by atoms with Gasteiger partial charge in [-0.05, 0) is 60.4 Å². The number of sulfonamides is 2. The maximum atomic E-state index is 13.5. The highest BCUT2D eigenvalue weighted by Crippen LogP contribution is 2.37. The van der Waals surface area contributed by atoms with E-state index < -0.39 is 53.9 Å². The number of nitrogens with zero attached hydrogens (tertiary/aromatic N) is 1. The van der Waals surface area contributed by atoms with Crippen LogP contribution in [0, 0.1) is 6.92 Å². The van der Waals surface area contributed by atoms with Gasteiger partial charge in [0.05, 0.1) is 34.0 Å². The lowest BCUT2D eigenvalue weighted by Crippen LogP contribution is -2.31. The molecule has 4 aromatic rings. The van der Waals surface area contributed by atoms with Gasteiger partial charge in [-0.1, -0.05) is 46.3 Å². The molecule has 216 valence electrons. The number of imidazole rings is 1. The molecule has 41 heavy (non-hydrogen) atoms. The molecule has 15 heteroatoms. The normalized spacial score (nSPS) is 18.0. The fourth-order valence-corrected chi connectivity index (χ4v) is 7.97. The van der Waals surface area contributed by atoms with Crippen molar-refractivity contribution in [1.82, 2.24) is 19.4 Å². The van der Waals surface area contributed by atoms with Crippen LogP contribution in [-0.2, 0) is 37.4 Å². The summed E-state index contributed by atoms with van der Waals surface area (Å²) in [6, 6.07) is 13.5. The lowest BCUT2D eigenvalue weighted by atomic mass is 9.97. The summed E-state index contributed by atoms with van der Waals surface area (Å²) in [6.07, 6.45) is -4.97. The molecule has 2 heterocycles. The number of alkyl halides is 3. The van der Waals surface area contributed by atoms with Gasteiger partial charge < -0.3 is 4.98 Å². The molecular formula is C26H22BrF3N4O5S2. The number of hydrogen-bond acceptors (Lipinski definition) is 6. The van der Waals surface area contributed by atoms with Gasteiger partial charge in [0.25, 0.3) is 0 Å². The summed E-state index contributed by atoms with van der Waals surface area (Å²) in [4.78, 5) is 18.7. The van der Waals surface area contributed by atoms with E-state index in [1.165, 1.54) is 0 Å². The highest BCUT2D eigenvalue weighted by molar-refractivity contribution is 9.10. The fourth-order valence-electron chi connectivity index (χ4n) is 4.76. The number of aromatic nitrogens is 2. The second-order valence-electron chi connectivity index (χ2n) is 9.61. The second-order valence-corrected chi connectivity index (χ2v) is 14.0. The molecule has 1 aliphatic rings. The summed E-state index contributed by atoms with van der Waals surface area (Å²) >= 11 is 2.82. The van der Waals surface area contributed by atoms with E-state index in [0.29, 0.717) is 33.8 Å². The molecule has 5 rings (SSSR count). The minimum Gasteiger partial charge on any atom is -0.341 e. The number of aromatic amines is 1. The summed E-state index contributed by atoms with van der Waals surface area (Å²) in [6.45, 7) is 1.68. The van der Waals surface area contributed by atoms with Crippen LogP contribution in [0.3, 0.4) is 0 Å². The Labute approximate surface area is 241 Å². The minimum absolute atomic E-state index is 0.0252. The number of carbonyl (C=O) groups excluding carboxylic acids is 1. The Morgan fingerprint density at radius 3 is 2.49 bits per heavy atom. The Kier molecular flexibility index (Phi) is 7.51. The first-order valence-electron chi connectivity index (χ1n) is 12.1. The largest absolute Gasteiger partial charge is 0.417 e. The van der Waals surface area contributed by atoms with Crippen molar-refractivity contribution in [3.05, 3.63) is 93.2 Å². The van der Waals surface area contributed by atoms with Gasteiger partial charge in [-0.2, -0.15) is 13.2 Å². The summed E-state index contributed by atoms with van der Waals surface area (Å²) < 4.78 is 96.1. The van der Waals surface area contributed by atoms with Crippen molar-refractivity contribution in [2.75, 3.05) is 0 Å². The summed E-state index contributed by atoms with van der Waals surface area (Å²) in [5, 5.41) is -1.05. The highest BCUT2D eigenvalue weighted by Gasteiger charge is 2.39. The highest BCUT2D eigenvalue weighted by atomic mass is 79.9. The zero-order valence-electron chi connectivity index (χ0n) is 21.2. The standard InChI is InChI=1S/C26H22BrF3N4O5S2/c1-14-10-15(6-8-17(14)23-13-24(35)34-41(23,38)39)11-22(25-31-20-4-2-3-5-21(20)32-25)33-40(36,37)16-7-9-19(27)18(12-16)26(28,29)30/h2-10,12,22-23,33H,11,13H2,1H3,(H,31,32)(H,34,35)/t22-,23?/m0/s1. The molecule has 0 saturated carbocycles. The van der Waals surface area contributed by atoms with E-state index in [1.807, 2.05) is 4.72 Å². The molecule has 9 nitrogen and oxygen atoms in total. The van der Waals surface area contributed by atoms with E-state index in [4.69, 9.17) is 0 Å². The molecule has 0 spiro atoms. The van der Waals surface area contributed by atoms with Crippen LogP contribution >= 0.6 is 15.9 Å². The van der Waals surface area contributed by atoms with E-state index in [-0.39, 0.29) is 23.1 Å². The molecule has 1 unspecified atom stereocenters. The molecular weight excluding hydrogens is 649 g/mol. The van der Waals surface area contributed by atoms with Crippen molar-refractivity contribution in [2.24, 2.45) is 0 Å². The third-order valence-electron chi connectivity index (χ3n) is 6.71. The molecule has 1 amide bonds. The fraction of sp³-hybridized carbons (Fsp3) is 0.231. The molecule has 2 atom stereocenters. The van der Waals surface area contributed by atoms with Gasteiger partial charge in [-0.3, -0.25) is 9.52 Å². The Hall–Kier alpha value is -3.27. The second kappa shape index (κ2) is 10.5. The topological polar surface area (TPSA) is 138 Å². The summed E-state index contributed by atoms with van der Waals surface area (Å²) in [7, 11) is -8.34.